The first kappa shape index (κ1) is 77.6. The lowest BCUT2D eigenvalue weighted by Crippen LogP contribution is -2.30. The number of rotatable bonds is 64. The van der Waals surface area contributed by atoms with E-state index in [1.165, 1.54) is 193 Å². The van der Waals surface area contributed by atoms with Crippen LogP contribution in [0.1, 0.15) is 355 Å². The smallest absolute Gasteiger partial charge is 0.306 e. The maximum absolute atomic E-state index is 12.9. The van der Waals surface area contributed by atoms with Crippen LogP contribution in [0.5, 0.6) is 0 Å². The third-order valence-corrected chi connectivity index (χ3v) is 15.4. The van der Waals surface area contributed by atoms with Gasteiger partial charge in [0.15, 0.2) is 6.10 Å². The molecule has 6 nitrogen and oxygen atoms in total. The van der Waals surface area contributed by atoms with Crippen LogP contribution in [0.4, 0.5) is 0 Å². The van der Waals surface area contributed by atoms with Gasteiger partial charge in [-0.3, -0.25) is 14.4 Å². The molecule has 6 heteroatoms. The number of ether oxygens (including phenoxy) is 3. The zero-order valence-electron chi connectivity index (χ0n) is 53.8. The van der Waals surface area contributed by atoms with E-state index in [1.807, 2.05) is 0 Å². The Kier molecular flexibility index (Phi) is 66.2. The molecule has 0 aliphatic heterocycles. The summed E-state index contributed by atoms with van der Waals surface area (Å²) in [7, 11) is 0. The van der Waals surface area contributed by atoms with Crippen LogP contribution in [0.3, 0.4) is 0 Å². The molecule has 0 saturated heterocycles. The molecule has 468 valence electrons. The molecule has 81 heavy (non-hydrogen) atoms. The maximum Gasteiger partial charge on any atom is 0.306 e. The highest BCUT2D eigenvalue weighted by atomic mass is 16.6. The van der Waals surface area contributed by atoms with Gasteiger partial charge < -0.3 is 14.2 Å². The van der Waals surface area contributed by atoms with E-state index in [-0.39, 0.29) is 31.1 Å². The second-order valence-electron chi connectivity index (χ2n) is 23.4. The van der Waals surface area contributed by atoms with E-state index in [0.29, 0.717) is 19.3 Å². The van der Waals surface area contributed by atoms with Crippen molar-refractivity contribution in [2.75, 3.05) is 13.2 Å². The van der Waals surface area contributed by atoms with Crippen molar-refractivity contribution in [2.24, 2.45) is 0 Å². The van der Waals surface area contributed by atoms with Gasteiger partial charge in [0.1, 0.15) is 13.2 Å². The molecule has 0 spiro atoms. The van der Waals surface area contributed by atoms with Crippen molar-refractivity contribution in [1.29, 1.82) is 0 Å². The highest BCUT2D eigenvalue weighted by molar-refractivity contribution is 5.71. The molecule has 1 unspecified atom stereocenters. The van der Waals surface area contributed by atoms with Crippen LogP contribution in [-0.2, 0) is 28.6 Å². The Morgan fingerprint density at radius 3 is 0.753 bits per heavy atom. The standard InChI is InChI=1S/C75H132O6/c1-4-7-10-13-16-19-22-24-26-28-30-32-34-36-38-40-41-43-45-47-49-51-53-56-59-62-65-68-74(77)80-71-72(70-79-73(76)67-64-61-58-55-21-18-15-12-9-6-3)81-75(78)69-66-63-60-57-54-52-50-48-46-44-42-39-37-35-33-31-29-27-25-23-20-17-14-11-8-5-2/h7,10,16,19,24,26,30,32,36,38,41,43,47,49,72H,4-6,8-9,11-15,17-18,20-23,25,27-29,31,33-35,37,39-40,42,44-46,48,50-71H2,1-3H3/b10-7-,19-16-,26-24-,32-30-,38-36-,43-41-,49-47-. The van der Waals surface area contributed by atoms with Crippen LogP contribution in [-0.4, -0.2) is 37.2 Å². The number of carbonyl (C=O) groups excluding carboxylic acids is 3. The fourth-order valence-electron chi connectivity index (χ4n) is 10.2. The Balaban J connectivity index is 4.23. The third kappa shape index (κ3) is 67.3. The predicted octanol–water partition coefficient (Wildman–Crippen LogP) is 24.2. The van der Waals surface area contributed by atoms with Crippen LogP contribution in [0.25, 0.3) is 0 Å². The number of carbonyl (C=O) groups is 3. The molecule has 0 heterocycles. The zero-order valence-corrected chi connectivity index (χ0v) is 53.8. The maximum atomic E-state index is 12.9. The lowest BCUT2D eigenvalue weighted by Gasteiger charge is -2.18. The molecule has 0 aromatic rings. The van der Waals surface area contributed by atoms with Crippen molar-refractivity contribution < 1.29 is 28.6 Å². The number of esters is 3. The fourth-order valence-corrected chi connectivity index (χ4v) is 10.2. The van der Waals surface area contributed by atoms with Gasteiger partial charge in [0.2, 0.25) is 0 Å². The molecule has 0 bridgehead atoms. The summed E-state index contributed by atoms with van der Waals surface area (Å²) in [6.07, 6.45) is 91.9. The first-order valence-electron chi connectivity index (χ1n) is 35.1. The van der Waals surface area contributed by atoms with Crippen LogP contribution in [0.2, 0.25) is 0 Å². The normalized spacial score (nSPS) is 12.6. The summed E-state index contributed by atoms with van der Waals surface area (Å²) in [4.78, 5) is 38.3. The van der Waals surface area contributed by atoms with Crippen molar-refractivity contribution in [2.45, 2.75) is 361 Å². The molecule has 0 fully saturated rings. The van der Waals surface area contributed by atoms with E-state index in [9.17, 15) is 14.4 Å². The van der Waals surface area contributed by atoms with E-state index in [1.54, 1.807) is 0 Å². The molecule has 0 amide bonds. The average molecular weight is 1130 g/mol. The minimum absolute atomic E-state index is 0.0784. The minimum Gasteiger partial charge on any atom is -0.462 e. The Bertz CT molecular complexity index is 1530. The molecule has 0 radical (unpaired) electrons. The van der Waals surface area contributed by atoms with Crippen molar-refractivity contribution in [3.05, 3.63) is 85.1 Å². The van der Waals surface area contributed by atoms with Crippen molar-refractivity contribution in [3.8, 4) is 0 Å². The monoisotopic (exact) mass is 1130 g/mol. The topological polar surface area (TPSA) is 78.9 Å². The molecular weight excluding hydrogens is 997 g/mol. The van der Waals surface area contributed by atoms with Crippen molar-refractivity contribution in [1.82, 2.24) is 0 Å². The van der Waals surface area contributed by atoms with Crippen LogP contribution >= 0.6 is 0 Å². The van der Waals surface area contributed by atoms with Gasteiger partial charge in [-0.15, -0.1) is 0 Å². The number of hydrogen-bond donors (Lipinski definition) is 0. The zero-order chi connectivity index (χ0) is 58.5. The SMILES string of the molecule is CC/C=C\C/C=C\C/C=C\C/C=C\C/C=C\C/C=C\C/C=C\CCCCCCCC(=O)OCC(COC(=O)CCCCCCCCCCCC)OC(=O)CCCCCCCCCCCCCCCCCCCCCCCCCCCC. The van der Waals surface area contributed by atoms with Crippen LogP contribution in [0, 0.1) is 0 Å². The van der Waals surface area contributed by atoms with Gasteiger partial charge in [-0.25, -0.2) is 0 Å². The van der Waals surface area contributed by atoms with E-state index in [4.69, 9.17) is 14.2 Å². The molecule has 0 aromatic carbocycles. The number of hydrogen-bond acceptors (Lipinski definition) is 6. The Morgan fingerprint density at radius 2 is 0.481 bits per heavy atom. The largest absolute Gasteiger partial charge is 0.462 e. The summed E-state index contributed by atoms with van der Waals surface area (Å²) in [5.41, 5.74) is 0. The van der Waals surface area contributed by atoms with Gasteiger partial charge in [0, 0.05) is 19.3 Å². The first-order chi connectivity index (χ1) is 40.0. The summed E-state index contributed by atoms with van der Waals surface area (Å²) < 4.78 is 16.9. The minimum atomic E-state index is -0.783. The Hall–Kier alpha value is -3.41. The van der Waals surface area contributed by atoms with Gasteiger partial charge in [0.25, 0.3) is 0 Å². The fraction of sp³-hybridized carbons (Fsp3) is 0.773. The summed E-state index contributed by atoms with van der Waals surface area (Å²) >= 11 is 0. The second kappa shape index (κ2) is 69.1. The van der Waals surface area contributed by atoms with Gasteiger partial charge in [-0.2, -0.15) is 0 Å². The lowest BCUT2D eigenvalue weighted by molar-refractivity contribution is -0.167. The first-order valence-corrected chi connectivity index (χ1v) is 35.1. The second-order valence-corrected chi connectivity index (χ2v) is 23.4. The van der Waals surface area contributed by atoms with Gasteiger partial charge >= 0.3 is 17.9 Å². The molecular formula is C75H132O6. The van der Waals surface area contributed by atoms with Gasteiger partial charge in [-0.05, 0) is 77.0 Å². The third-order valence-electron chi connectivity index (χ3n) is 15.4. The van der Waals surface area contributed by atoms with E-state index in [0.717, 1.165) is 122 Å². The molecule has 0 aliphatic carbocycles. The molecule has 0 saturated carbocycles. The van der Waals surface area contributed by atoms with Gasteiger partial charge in [0.05, 0.1) is 0 Å². The molecule has 0 N–H and O–H groups in total. The summed E-state index contributed by atoms with van der Waals surface area (Å²) in [6, 6.07) is 0. The average Bonchev–Trinajstić information content (AvgIpc) is 3.47. The predicted molar refractivity (Wildman–Crippen MR) is 353 cm³/mol. The molecule has 1 atom stereocenters. The van der Waals surface area contributed by atoms with E-state index < -0.39 is 6.10 Å². The Labute approximate surface area is 503 Å². The highest BCUT2D eigenvalue weighted by Gasteiger charge is 2.19. The summed E-state index contributed by atoms with van der Waals surface area (Å²) in [5, 5.41) is 0. The Morgan fingerprint density at radius 1 is 0.259 bits per heavy atom. The number of unbranched alkanes of at least 4 members (excludes halogenated alkanes) is 39. The quantitative estimate of drug-likeness (QED) is 0.0261. The van der Waals surface area contributed by atoms with E-state index in [2.05, 4.69) is 106 Å². The van der Waals surface area contributed by atoms with Crippen molar-refractivity contribution in [3.63, 3.8) is 0 Å². The summed E-state index contributed by atoms with van der Waals surface area (Å²) in [5.74, 6) is -0.882. The van der Waals surface area contributed by atoms with Crippen molar-refractivity contribution >= 4 is 17.9 Å². The lowest BCUT2D eigenvalue weighted by atomic mass is 10.0. The molecule has 0 aromatic heterocycles. The van der Waals surface area contributed by atoms with Crippen LogP contribution in [0.15, 0.2) is 85.1 Å². The number of allylic oxidation sites excluding steroid dienone is 14. The summed E-state index contributed by atoms with van der Waals surface area (Å²) in [6.45, 7) is 6.55. The van der Waals surface area contributed by atoms with Crippen LogP contribution < -0.4 is 0 Å². The highest BCUT2D eigenvalue weighted by Crippen LogP contribution is 2.18. The molecule has 0 aliphatic rings. The van der Waals surface area contributed by atoms with Gasteiger partial charge in [-0.1, -0.05) is 343 Å². The molecule has 0 rings (SSSR count). The van der Waals surface area contributed by atoms with E-state index >= 15 is 0 Å².